The summed E-state index contributed by atoms with van der Waals surface area (Å²) in [6.45, 7) is 2.82. The molecule has 27 heavy (non-hydrogen) atoms. The predicted octanol–water partition coefficient (Wildman–Crippen LogP) is 5.55. The lowest BCUT2D eigenvalue weighted by atomic mass is 9.96. The van der Waals surface area contributed by atoms with Gasteiger partial charge < -0.3 is 0 Å². The van der Waals surface area contributed by atoms with E-state index in [4.69, 9.17) is 0 Å². The van der Waals surface area contributed by atoms with Gasteiger partial charge in [-0.3, -0.25) is 20.2 Å². The Hall–Kier alpha value is -2.46. The number of hydrogen-bond donors (Lipinski definition) is 0. The number of nitro groups is 2. The van der Waals surface area contributed by atoms with E-state index in [1.54, 1.807) is 10.8 Å². The van der Waals surface area contributed by atoms with Crippen molar-refractivity contribution in [2.45, 2.75) is 17.9 Å². The predicted molar refractivity (Wildman–Crippen MR) is 101 cm³/mol. The van der Waals surface area contributed by atoms with Gasteiger partial charge in [0.1, 0.15) is 9.90 Å². The largest absolute Gasteiger partial charge is 0.308 e. The van der Waals surface area contributed by atoms with Gasteiger partial charge in [0.25, 0.3) is 5.69 Å². The summed E-state index contributed by atoms with van der Waals surface area (Å²) in [4.78, 5) is 21.2. The van der Waals surface area contributed by atoms with Crippen molar-refractivity contribution >= 4 is 34.9 Å². The van der Waals surface area contributed by atoms with E-state index in [9.17, 15) is 29.0 Å². The van der Waals surface area contributed by atoms with Crippen LogP contribution in [0, 0.1) is 45.7 Å². The summed E-state index contributed by atoms with van der Waals surface area (Å²) >= 11 is 2.30. The molecule has 3 rings (SSSR count). The molecule has 1 aliphatic rings. The number of benzene rings is 2. The normalized spacial score (nSPS) is 15.1. The van der Waals surface area contributed by atoms with Gasteiger partial charge in [-0.2, -0.15) is 4.39 Å². The Morgan fingerprint density at radius 3 is 2.11 bits per heavy atom. The number of aryl methyl sites for hydroxylation is 1. The summed E-state index contributed by atoms with van der Waals surface area (Å²) < 4.78 is 27.6. The van der Waals surface area contributed by atoms with Gasteiger partial charge in [-0.25, -0.2) is 4.39 Å². The first kappa shape index (κ1) is 19.3. The molecule has 10 heteroatoms. The molecule has 0 aliphatic carbocycles. The van der Waals surface area contributed by atoms with Gasteiger partial charge >= 0.3 is 5.69 Å². The first-order valence-corrected chi connectivity index (χ1v) is 9.34. The van der Waals surface area contributed by atoms with E-state index >= 15 is 0 Å². The molecule has 0 saturated heterocycles. The number of hydrogen-bond acceptors (Lipinski definition) is 6. The van der Waals surface area contributed by atoms with Gasteiger partial charge in [-0.15, -0.1) is 23.5 Å². The Kier molecular flexibility index (Phi) is 4.96. The van der Waals surface area contributed by atoms with Crippen LogP contribution in [0.3, 0.4) is 0 Å². The van der Waals surface area contributed by atoms with Crippen molar-refractivity contribution in [2.24, 2.45) is 0 Å². The van der Waals surface area contributed by atoms with Crippen molar-refractivity contribution in [3.63, 3.8) is 0 Å². The standard InChI is InChI=1S/C17H12F2N2O4S2/c1-9-7-14(19)12(8-15(9)20(22)23)17(26-5-6-27-17)11-3-4-13(18)16(10(11)2)21(24)25/h3-8H,1-2H3. The highest BCUT2D eigenvalue weighted by Gasteiger charge is 2.43. The van der Waals surface area contributed by atoms with E-state index in [2.05, 4.69) is 0 Å². The zero-order chi connectivity index (χ0) is 19.9. The van der Waals surface area contributed by atoms with E-state index in [1.807, 2.05) is 0 Å². The monoisotopic (exact) mass is 410 g/mol. The number of halogens is 2. The van der Waals surface area contributed by atoms with Crippen LogP contribution in [0.4, 0.5) is 20.2 Å². The molecule has 0 radical (unpaired) electrons. The fourth-order valence-electron chi connectivity index (χ4n) is 3.03. The zero-order valence-corrected chi connectivity index (χ0v) is 15.7. The smallest absolute Gasteiger partial charge is 0.258 e. The quantitative estimate of drug-likeness (QED) is 0.485. The van der Waals surface area contributed by atoms with E-state index in [0.717, 1.165) is 41.7 Å². The van der Waals surface area contributed by atoms with E-state index in [-0.39, 0.29) is 22.4 Å². The highest BCUT2D eigenvalue weighted by molar-refractivity contribution is 8.23. The molecule has 1 heterocycles. The van der Waals surface area contributed by atoms with Crippen LogP contribution in [0.2, 0.25) is 0 Å². The first-order chi connectivity index (χ1) is 12.7. The lowest BCUT2D eigenvalue weighted by molar-refractivity contribution is -0.388. The number of thioether (sulfide) groups is 2. The fourth-order valence-corrected chi connectivity index (χ4v) is 5.68. The molecule has 0 fully saturated rings. The molecule has 0 spiro atoms. The molecule has 0 saturated carbocycles. The third-order valence-corrected chi connectivity index (χ3v) is 7.12. The molecule has 1 aliphatic heterocycles. The third-order valence-electron chi connectivity index (χ3n) is 4.28. The van der Waals surface area contributed by atoms with Gasteiger partial charge in [0.15, 0.2) is 0 Å². The molecular formula is C17H12F2N2O4S2. The lowest BCUT2D eigenvalue weighted by Gasteiger charge is -2.30. The molecule has 6 nitrogen and oxygen atoms in total. The fraction of sp³-hybridized carbons (Fsp3) is 0.176. The lowest BCUT2D eigenvalue weighted by Crippen LogP contribution is -2.21. The molecule has 0 unspecified atom stereocenters. The maximum Gasteiger partial charge on any atom is 0.308 e. The second kappa shape index (κ2) is 6.93. The van der Waals surface area contributed by atoms with Crippen LogP contribution in [0.1, 0.15) is 22.3 Å². The van der Waals surface area contributed by atoms with Crippen LogP contribution in [-0.2, 0) is 4.08 Å². The van der Waals surface area contributed by atoms with Gasteiger partial charge in [-0.1, -0.05) is 6.07 Å². The van der Waals surface area contributed by atoms with Gasteiger partial charge in [-0.05, 0) is 42.4 Å². The summed E-state index contributed by atoms with van der Waals surface area (Å²) in [6.07, 6.45) is 0. The van der Waals surface area contributed by atoms with Crippen LogP contribution in [0.25, 0.3) is 0 Å². The Balaban J connectivity index is 2.32. The van der Waals surface area contributed by atoms with Crippen LogP contribution in [-0.4, -0.2) is 9.85 Å². The summed E-state index contributed by atoms with van der Waals surface area (Å²) in [5.41, 5.74) is -0.419. The molecular weight excluding hydrogens is 398 g/mol. The molecule has 2 aromatic carbocycles. The molecule has 0 aromatic heterocycles. The van der Waals surface area contributed by atoms with E-state index in [0.29, 0.717) is 5.56 Å². The highest BCUT2D eigenvalue weighted by Crippen LogP contribution is 2.59. The Labute approximate surface area is 161 Å². The molecule has 2 aromatic rings. The van der Waals surface area contributed by atoms with Crippen LogP contribution < -0.4 is 0 Å². The highest BCUT2D eigenvalue weighted by atomic mass is 32.2. The first-order valence-electron chi connectivity index (χ1n) is 7.58. The van der Waals surface area contributed by atoms with Crippen molar-refractivity contribution in [3.8, 4) is 0 Å². The Bertz CT molecular complexity index is 999. The van der Waals surface area contributed by atoms with Gasteiger partial charge in [0.05, 0.1) is 9.85 Å². The van der Waals surface area contributed by atoms with Crippen molar-refractivity contribution in [1.29, 1.82) is 0 Å². The van der Waals surface area contributed by atoms with Crippen molar-refractivity contribution in [1.82, 2.24) is 0 Å². The minimum Gasteiger partial charge on any atom is -0.258 e. The van der Waals surface area contributed by atoms with Gasteiger partial charge in [0.2, 0.25) is 5.82 Å². The zero-order valence-electron chi connectivity index (χ0n) is 14.1. The summed E-state index contributed by atoms with van der Waals surface area (Å²) in [7, 11) is 0. The molecule has 140 valence electrons. The average molecular weight is 410 g/mol. The van der Waals surface area contributed by atoms with Crippen LogP contribution in [0.5, 0.6) is 0 Å². The van der Waals surface area contributed by atoms with E-state index < -0.39 is 31.2 Å². The van der Waals surface area contributed by atoms with Crippen molar-refractivity contribution < 1.29 is 18.6 Å². The number of nitro benzene ring substituents is 2. The maximum atomic E-state index is 14.9. The van der Waals surface area contributed by atoms with Crippen LogP contribution >= 0.6 is 23.5 Å². The minimum absolute atomic E-state index is 0.00352. The topological polar surface area (TPSA) is 86.3 Å². The SMILES string of the molecule is Cc1cc(F)c(C2(c3ccc(F)c([N+](=O)[O-])c3C)SC=CS2)cc1[N+](=O)[O-]. The molecule has 0 N–H and O–H groups in total. The summed E-state index contributed by atoms with van der Waals surface area (Å²) in [5, 5.41) is 25.9. The minimum atomic E-state index is -1.23. The van der Waals surface area contributed by atoms with E-state index in [1.165, 1.54) is 19.9 Å². The second-order valence-corrected chi connectivity index (χ2v) is 8.32. The molecule has 0 amide bonds. The second-order valence-electron chi connectivity index (χ2n) is 5.83. The van der Waals surface area contributed by atoms with Crippen LogP contribution in [0.15, 0.2) is 35.1 Å². The summed E-state index contributed by atoms with van der Waals surface area (Å²) in [5.74, 6) is -1.67. The number of nitrogens with zero attached hydrogens (tertiary/aromatic N) is 2. The number of rotatable bonds is 4. The average Bonchev–Trinajstić information content (AvgIpc) is 3.04. The third kappa shape index (κ3) is 3.08. The Morgan fingerprint density at radius 2 is 1.56 bits per heavy atom. The Morgan fingerprint density at radius 1 is 0.926 bits per heavy atom. The maximum absolute atomic E-state index is 14.9. The molecule has 0 bridgehead atoms. The van der Waals surface area contributed by atoms with Crippen molar-refractivity contribution in [3.05, 3.63) is 89.2 Å². The van der Waals surface area contributed by atoms with Crippen molar-refractivity contribution in [2.75, 3.05) is 0 Å². The summed E-state index contributed by atoms with van der Waals surface area (Å²) in [6, 6.07) is 4.53. The molecule has 0 atom stereocenters. The van der Waals surface area contributed by atoms with Gasteiger partial charge in [0, 0.05) is 22.8 Å².